The lowest BCUT2D eigenvalue weighted by Gasteiger charge is -2.47. The van der Waals surface area contributed by atoms with Crippen molar-refractivity contribution in [3.05, 3.63) is 0 Å². The normalized spacial score (nSPS) is 21.4. The first-order chi connectivity index (χ1) is 13.8. The summed E-state index contributed by atoms with van der Waals surface area (Å²) in [4.78, 5) is 40.0. The Bertz CT molecular complexity index is 656. The summed E-state index contributed by atoms with van der Waals surface area (Å²) in [5.41, 5.74) is -3.19. The number of carbonyl (C=O) groups excluding carboxylic acids is 3. The highest BCUT2D eigenvalue weighted by Gasteiger charge is 2.65. The summed E-state index contributed by atoms with van der Waals surface area (Å²) in [6.45, 7) is 6.59. The van der Waals surface area contributed by atoms with Crippen LogP contribution in [0.5, 0.6) is 0 Å². The second kappa shape index (κ2) is 9.01. The second-order valence-electron chi connectivity index (χ2n) is 8.89. The van der Waals surface area contributed by atoms with E-state index in [9.17, 15) is 27.6 Å². The summed E-state index contributed by atoms with van der Waals surface area (Å²) in [5, 5.41) is 0. The molecule has 0 radical (unpaired) electrons. The van der Waals surface area contributed by atoms with Crippen molar-refractivity contribution in [1.29, 1.82) is 0 Å². The van der Waals surface area contributed by atoms with Crippen LogP contribution in [-0.4, -0.2) is 71.8 Å². The van der Waals surface area contributed by atoms with Crippen molar-refractivity contribution in [3.8, 4) is 0 Å². The Balaban J connectivity index is 2.25. The first-order valence-electron chi connectivity index (χ1n) is 10.3. The molecule has 0 aromatic carbocycles. The third kappa shape index (κ3) is 5.37. The number of rotatable bonds is 5. The molecule has 2 amide bonds. The number of carbonyl (C=O) groups is 3. The summed E-state index contributed by atoms with van der Waals surface area (Å²) in [6.07, 6.45) is -4.71. The van der Waals surface area contributed by atoms with E-state index in [2.05, 4.69) is 0 Å². The smallest absolute Gasteiger partial charge is 0.410 e. The van der Waals surface area contributed by atoms with Crippen LogP contribution in [0.1, 0.15) is 59.8 Å². The minimum absolute atomic E-state index is 0.00793. The van der Waals surface area contributed by atoms with Crippen LogP contribution in [0.4, 0.5) is 18.0 Å². The Morgan fingerprint density at radius 3 is 2.23 bits per heavy atom. The van der Waals surface area contributed by atoms with Crippen molar-refractivity contribution in [2.45, 2.75) is 77.6 Å². The van der Waals surface area contributed by atoms with E-state index in [0.29, 0.717) is 25.8 Å². The molecule has 2 rings (SSSR count). The molecule has 1 aliphatic carbocycles. The highest BCUT2D eigenvalue weighted by Crippen LogP contribution is 2.54. The number of amides is 2. The minimum Gasteiger partial charge on any atom is -0.465 e. The third-order valence-electron chi connectivity index (χ3n) is 5.51. The van der Waals surface area contributed by atoms with Crippen LogP contribution in [0.25, 0.3) is 0 Å². The molecule has 172 valence electrons. The quantitative estimate of drug-likeness (QED) is 0.617. The number of hydrogen-bond donors (Lipinski definition) is 0. The number of hydrogen-bond acceptors (Lipinski definition) is 5. The van der Waals surface area contributed by atoms with E-state index >= 15 is 0 Å². The van der Waals surface area contributed by atoms with Gasteiger partial charge in [0.25, 0.3) is 0 Å². The molecule has 0 spiro atoms. The summed E-state index contributed by atoms with van der Waals surface area (Å²) in [6, 6.07) is -0.719. The lowest BCUT2D eigenvalue weighted by atomic mass is 9.67. The molecule has 1 heterocycles. The minimum atomic E-state index is -4.70. The van der Waals surface area contributed by atoms with Crippen LogP contribution in [0.3, 0.4) is 0 Å². The SMILES string of the molecule is CCOC(=O)CN(C(=O)C1(C(F)(F)F)CCC1)C1CCCN(C(=O)OC(C)(C)C)C1. The van der Waals surface area contributed by atoms with Gasteiger partial charge in [-0.2, -0.15) is 13.2 Å². The molecule has 10 heteroatoms. The first-order valence-corrected chi connectivity index (χ1v) is 10.3. The molecule has 2 aliphatic rings. The van der Waals surface area contributed by atoms with Gasteiger partial charge < -0.3 is 19.3 Å². The molecule has 0 N–H and O–H groups in total. The fourth-order valence-electron chi connectivity index (χ4n) is 3.84. The Morgan fingerprint density at radius 2 is 1.77 bits per heavy atom. The number of likely N-dealkylation sites (tertiary alicyclic amines) is 1. The van der Waals surface area contributed by atoms with Crippen molar-refractivity contribution in [2.24, 2.45) is 5.41 Å². The van der Waals surface area contributed by atoms with E-state index in [4.69, 9.17) is 9.47 Å². The van der Waals surface area contributed by atoms with Crippen molar-refractivity contribution >= 4 is 18.0 Å². The van der Waals surface area contributed by atoms with Crippen molar-refractivity contribution in [2.75, 3.05) is 26.2 Å². The zero-order valence-corrected chi connectivity index (χ0v) is 18.0. The number of esters is 1. The molecule has 1 aliphatic heterocycles. The maximum atomic E-state index is 13.8. The Labute approximate surface area is 174 Å². The van der Waals surface area contributed by atoms with Gasteiger partial charge >= 0.3 is 18.2 Å². The lowest BCUT2D eigenvalue weighted by Crippen LogP contribution is -2.61. The van der Waals surface area contributed by atoms with Crippen LogP contribution in [0, 0.1) is 5.41 Å². The average molecular weight is 436 g/mol. The van der Waals surface area contributed by atoms with Crippen LogP contribution in [-0.2, 0) is 19.1 Å². The molecule has 1 saturated heterocycles. The molecule has 1 atom stereocenters. The molecule has 1 unspecified atom stereocenters. The monoisotopic (exact) mass is 436 g/mol. The standard InChI is InChI=1S/C20H31F3N2O5/c1-5-29-15(26)13-25(16(27)19(9-7-10-19)20(21,22)23)14-8-6-11-24(12-14)17(28)30-18(2,3)4/h14H,5-13H2,1-4H3. The van der Waals surface area contributed by atoms with E-state index in [1.807, 2.05) is 0 Å². The third-order valence-corrected chi connectivity index (χ3v) is 5.51. The van der Waals surface area contributed by atoms with Crippen molar-refractivity contribution in [1.82, 2.24) is 9.80 Å². The maximum Gasteiger partial charge on any atom is 0.410 e. The summed E-state index contributed by atoms with van der Waals surface area (Å²) >= 11 is 0. The van der Waals surface area contributed by atoms with E-state index in [0.717, 1.165) is 4.90 Å². The molecular weight excluding hydrogens is 405 g/mol. The predicted octanol–water partition coefficient (Wildman–Crippen LogP) is 3.51. The number of ether oxygens (including phenoxy) is 2. The highest BCUT2D eigenvalue weighted by atomic mass is 19.4. The molecule has 30 heavy (non-hydrogen) atoms. The van der Waals surface area contributed by atoms with Crippen LogP contribution < -0.4 is 0 Å². The van der Waals surface area contributed by atoms with Gasteiger partial charge in [-0.25, -0.2) is 4.79 Å². The number of piperidine rings is 1. The van der Waals surface area contributed by atoms with Gasteiger partial charge in [0, 0.05) is 13.1 Å². The molecule has 2 fully saturated rings. The van der Waals surface area contributed by atoms with Gasteiger partial charge in [-0.1, -0.05) is 6.42 Å². The zero-order chi connectivity index (χ0) is 22.7. The van der Waals surface area contributed by atoms with E-state index in [1.165, 1.54) is 4.90 Å². The zero-order valence-electron chi connectivity index (χ0n) is 18.0. The van der Waals surface area contributed by atoms with Crippen molar-refractivity contribution < 1.29 is 37.0 Å². The molecule has 1 saturated carbocycles. The summed E-state index contributed by atoms with van der Waals surface area (Å²) in [7, 11) is 0. The molecular formula is C20H31F3N2O5. The van der Waals surface area contributed by atoms with Gasteiger partial charge in [-0.15, -0.1) is 0 Å². The summed E-state index contributed by atoms with van der Waals surface area (Å²) in [5.74, 6) is -1.87. The summed E-state index contributed by atoms with van der Waals surface area (Å²) < 4.78 is 51.5. The van der Waals surface area contributed by atoms with Gasteiger partial charge in [-0.05, 0) is 53.4 Å². The number of halogens is 3. The Kier molecular flexibility index (Phi) is 7.29. The van der Waals surface area contributed by atoms with Gasteiger partial charge in [0.15, 0.2) is 0 Å². The fourth-order valence-corrected chi connectivity index (χ4v) is 3.84. The van der Waals surface area contributed by atoms with Crippen LogP contribution >= 0.6 is 0 Å². The molecule has 7 nitrogen and oxygen atoms in total. The van der Waals surface area contributed by atoms with Gasteiger partial charge in [0.05, 0.1) is 12.6 Å². The predicted molar refractivity (Wildman–Crippen MR) is 102 cm³/mol. The largest absolute Gasteiger partial charge is 0.465 e. The first kappa shape index (κ1) is 24.3. The maximum absolute atomic E-state index is 13.8. The van der Waals surface area contributed by atoms with E-state index < -0.39 is 47.7 Å². The Morgan fingerprint density at radius 1 is 1.13 bits per heavy atom. The molecule has 0 bridgehead atoms. The van der Waals surface area contributed by atoms with Crippen LogP contribution in [0.15, 0.2) is 0 Å². The fraction of sp³-hybridized carbons (Fsp3) is 0.850. The molecule has 0 aromatic heterocycles. The van der Waals surface area contributed by atoms with Gasteiger partial charge in [0.1, 0.15) is 17.6 Å². The number of nitrogens with zero attached hydrogens (tertiary/aromatic N) is 2. The highest BCUT2D eigenvalue weighted by molar-refractivity contribution is 5.88. The molecule has 0 aromatic rings. The van der Waals surface area contributed by atoms with E-state index in [-0.39, 0.29) is 26.0 Å². The second-order valence-corrected chi connectivity index (χ2v) is 8.89. The van der Waals surface area contributed by atoms with Crippen LogP contribution in [0.2, 0.25) is 0 Å². The number of alkyl halides is 3. The topological polar surface area (TPSA) is 76.2 Å². The van der Waals surface area contributed by atoms with Gasteiger partial charge in [0.2, 0.25) is 5.91 Å². The average Bonchev–Trinajstić information content (AvgIpc) is 2.56. The van der Waals surface area contributed by atoms with Gasteiger partial charge in [-0.3, -0.25) is 9.59 Å². The van der Waals surface area contributed by atoms with E-state index in [1.54, 1.807) is 27.7 Å². The van der Waals surface area contributed by atoms with Crippen molar-refractivity contribution in [3.63, 3.8) is 0 Å². The lowest BCUT2D eigenvalue weighted by molar-refractivity contribution is -0.250. The Hall–Kier alpha value is -2.00.